The van der Waals surface area contributed by atoms with Gasteiger partial charge in [-0.25, -0.2) is 9.37 Å². The van der Waals surface area contributed by atoms with Crippen molar-refractivity contribution in [3.63, 3.8) is 0 Å². The number of benzene rings is 1. The zero-order chi connectivity index (χ0) is 12.1. The molecule has 90 valence electrons. The van der Waals surface area contributed by atoms with E-state index in [9.17, 15) is 4.39 Å². The topological polar surface area (TPSA) is 40.7 Å². The van der Waals surface area contributed by atoms with Gasteiger partial charge in [0.1, 0.15) is 11.6 Å². The van der Waals surface area contributed by atoms with Crippen LogP contribution in [0.15, 0.2) is 30.5 Å². The highest BCUT2D eigenvalue weighted by molar-refractivity contribution is 5.59. The van der Waals surface area contributed by atoms with Crippen molar-refractivity contribution in [1.29, 1.82) is 0 Å². The first-order valence-corrected chi connectivity index (χ1v) is 5.80. The number of imidazole rings is 1. The fourth-order valence-electron chi connectivity index (χ4n) is 1.65. The largest absolute Gasteiger partial charge is 0.341 e. The molecule has 0 aliphatic heterocycles. The SMILES string of the molecule is CCCNCc1ncc(-c2ccccc2F)[nH]1. The Morgan fingerprint density at radius 3 is 2.94 bits per heavy atom. The maximum Gasteiger partial charge on any atom is 0.132 e. The summed E-state index contributed by atoms with van der Waals surface area (Å²) >= 11 is 0. The molecule has 2 rings (SSSR count). The minimum atomic E-state index is -0.232. The molecule has 0 radical (unpaired) electrons. The van der Waals surface area contributed by atoms with Gasteiger partial charge >= 0.3 is 0 Å². The van der Waals surface area contributed by atoms with Crippen LogP contribution in [0.25, 0.3) is 11.3 Å². The van der Waals surface area contributed by atoms with Crippen LogP contribution in [-0.2, 0) is 6.54 Å². The van der Waals surface area contributed by atoms with Gasteiger partial charge in [-0.15, -0.1) is 0 Å². The third-order valence-corrected chi connectivity index (χ3v) is 2.51. The molecular weight excluding hydrogens is 217 g/mol. The summed E-state index contributed by atoms with van der Waals surface area (Å²) in [5, 5.41) is 3.24. The van der Waals surface area contributed by atoms with E-state index in [1.807, 2.05) is 6.07 Å². The van der Waals surface area contributed by atoms with Crippen molar-refractivity contribution >= 4 is 0 Å². The first-order chi connectivity index (χ1) is 8.31. The Balaban J connectivity index is 2.10. The molecule has 0 amide bonds. The fourth-order valence-corrected chi connectivity index (χ4v) is 1.65. The maximum absolute atomic E-state index is 13.5. The van der Waals surface area contributed by atoms with Crippen LogP contribution in [0.2, 0.25) is 0 Å². The number of rotatable bonds is 5. The van der Waals surface area contributed by atoms with Crippen molar-refractivity contribution < 1.29 is 4.39 Å². The predicted octanol–water partition coefficient (Wildman–Crippen LogP) is 2.72. The second-order valence-corrected chi connectivity index (χ2v) is 3.90. The Bertz CT molecular complexity index is 479. The molecule has 1 aromatic carbocycles. The Morgan fingerprint density at radius 2 is 2.18 bits per heavy atom. The van der Waals surface area contributed by atoms with Gasteiger partial charge in [-0.3, -0.25) is 0 Å². The maximum atomic E-state index is 13.5. The van der Waals surface area contributed by atoms with Gasteiger partial charge in [-0.05, 0) is 25.1 Å². The molecule has 2 N–H and O–H groups in total. The molecule has 0 fully saturated rings. The molecule has 0 unspecified atom stereocenters. The van der Waals surface area contributed by atoms with Gasteiger partial charge in [0.2, 0.25) is 0 Å². The number of nitrogens with zero attached hydrogens (tertiary/aromatic N) is 1. The molecule has 2 aromatic rings. The lowest BCUT2D eigenvalue weighted by Gasteiger charge is -2.00. The van der Waals surface area contributed by atoms with Crippen molar-refractivity contribution in [2.24, 2.45) is 0 Å². The van der Waals surface area contributed by atoms with Gasteiger partial charge in [0.05, 0.1) is 18.4 Å². The highest BCUT2D eigenvalue weighted by Crippen LogP contribution is 2.20. The van der Waals surface area contributed by atoms with E-state index in [4.69, 9.17) is 0 Å². The summed E-state index contributed by atoms with van der Waals surface area (Å²) in [7, 11) is 0. The van der Waals surface area contributed by atoms with Crippen LogP contribution in [0, 0.1) is 5.82 Å². The first-order valence-electron chi connectivity index (χ1n) is 5.80. The Hall–Kier alpha value is -1.68. The van der Waals surface area contributed by atoms with Crippen molar-refractivity contribution in [1.82, 2.24) is 15.3 Å². The summed E-state index contributed by atoms with van der Waals surface area (Å²) in [5.41, 5.74) is 1.28. The lowest BCUT2D eigenvalue weighted by atomic mass is 10.1. The van der Waals surface area contributed by atoms with Crippen LogP contribution in [0.1, 0.15) is 19.2 Å². The molecule has 17 heavy (non-hydrogen) atoms. The minimum absolute atomic E-state index is 0.232. The quantitative estimate of drug-likeness (QED) is 0.779. The third-order valence-electron chi connectivity index (χ3n) is 2.51. The van der Waals surface area contributed by atoms with Crippen LogP contribution in [0.5, 0.6) is 0 Å². The smallest absolute Gasteiger partial charge is 0.132 e. The van der Waals surface area contributed by atoms with Gasteiger partial charge < -0.3 is 10.3 Å². The molecule has 1 aromatic heterocycles. The molecule has 0 saturated heterocycles. The van der Waals surface area contributed by atoms with Crippen LogP contribution < -0.4 is 5.32 Å². The number of nitrogens with one attached hydrogen (secondary N) is 2. The number of hydrogen-bond donors (Lipinski definition) is 2. The van der Waals surface area contributed by atoms with E-state index in [-0.39, 0.29) is 5.82 Å². The second-order valence-electron chi connectivity index (χ2n) is 3.90. The predicted molar refractivity (Wildman–Crippen MR) is 66.0 cm³/mol. The number of aromatic amines is 1. The average molecular weight is 233 g/mol. The van der Waals surface area contributed by atoms with E-state index in [1.165, 1.54) is 6.07 Å². The lowest BCUT2D eigenvalue weighted by Crippen LogP contribution is -2.14. The molecule has 0 atom stereocenters. The van der Waals surface area contributed by atoms with Crippen LogP contribution in [0.3, 0.4) is 0 Å². The Kier molecular flexibility index (Phi) is 3.88. The van der Waals surface area contributed by atoms with Crippen molar-refractivity contribution in [2.45, 2.75) is 19.9 Å². The number of hydrogen-bond acceptors (Lipinski definition) is 2. The molecule has 0 bridgehead atoms. The van der Waals surface area contributed by atoms with Crippen molar-refractivity contribution in [3.8, 4) is 11.3 Å². The molecule has 0 aliphatic carbocycles. The second kappa shape index (κ2) is 5.59. The van der Waals surface area contributed by atoms with Gasteiger partial charge in [-0.1, -0.05) is 19.1 Å². The van der Waals surface area contributed by atoms with Gasteiger partial charge in [-0.2, -0.15) is 0 Å². The fraction of sp³-hybridized carbons (Fsp3) is 0.308. The standard InChI is InChI=1S/C13H16FN3/c1-2-7-15-9-13-16-8-12(17-13)10-5-3-4-6-11(10)14/h3-6,8,15H,2,7,9H2,1H3,(H,16,17). The zero-order valence-corrected chi connectivity index (χ0v) is 9.83. The normalized spacial score (nSPS) is 10.7. The van der Waals surface area contributed by atoms with Gasteiger partial charge in [0, 0.05) is 5.56 Å². The van der Waals surface area contributed by atoms with Crippen LogP contribution in [0.4, 0.5) is 4.39 Å². The van der Waals surface area contributed by atoms with Crippen molar-refractivity contribution in [2.75, 3.05) is 6.54 Å². The lowest BCUT2D eigenvalue weighted by molar-refractivity contribution is 0.630. The Labute approximate surface area is 100 Å². The highest BCUT2D eigenvalue weighted by atomic mass is 19.1. The number of halogens is 1. The molecular formula is C13H16FN3. The van der Waals surface area contributed by atoms with E-state index in [2.05, 4.69) is 22.2 Å². The third kappa shape index (κ3) is 2.91. The summed E-state index contributed by atoms with van der Waals surface area (Å²) in [6.07, 6.45) is 2.75. The molecule has 4 heteroatoms. The molecule has 0 saturated carbocycles. The number of H-pyrrole nitrogens is 1. The summed E-state index contributed by atoms with van der Waals surface area (Å²) in [4.78, 5) is 7.34. The van der Waals surface area contributed by atoms with E-state index in [0.717, 1.165) is 24.5 Å². The van der Waals surface area contributed by atoms with Crippen LogP contribution in [-0.4, -0.2) is 16.5 Å². The summed E-state index contributed by atoms with van der Waals surface area (Å²) in [6.45, 7) is 3.75. The molecule has 1 heterocycles. The van der Waals surface area contributed by atoms with E-state index >= 15 is 0 Å². The average Bonchev–Trinajstić information content (AvgIpc) is 2.79. The molecule has 0 aliphatic rings. The van der Waals surface area contributed by atoms with Gasteiger partial charge in [0.15, 0.2) is 0 Å². The first kappa shape index (κ1) is 11.8. The number of aromatic nitrogens is 2. The van der Waals surface area contributed by atoms with Crippen LogP contribution >= 0.6 is 0 Å². The summed E-state index contributed by atoms with van der Waals surface area (Å²) < 4.78 is 13.5. The van der Waals surface area contributed by atoms with E-state index < -0.39 is 0 Å². The summed E-state index contributed by atoms with van der Waals surface area (Å²) in [5.74, 6) is 0.598. The molecule has 3 nitrogen and oxygen atoms in total. The monoisotopic (exact) mass is 233 g/mol. The van der Waals surface area contributed by atoms with E-state index in [1.54, 1.807) is 18.3 Å². The summed E-state index contributed by atoms with van der Waals surface area (Å²) in [6, 6.07) is 6.68. The van der Waals surface area contributed by atoms with E-state index in [0.29, 0.717) is 12.1 Å². The van der Waals surface area contributed by atoms with Crippen molar-refractivity contribution in [3.05, 3.63) is 42.1 Å². The highest BCUT2D eigenvalue weighted by Gasteiger charge is 2.06. The minimum Gasteiger partial charge on any atom is -0.341 e. The zero-order valence-electron chi connectivity index (χ0n) is 9.83. The van der Waals surface area contributed by atoms with Gasteiger partial charge in [0.25, 0.3) is 0 Å². The molecule has 0 spiro atoms. The Morgan fingerprint density at radius 1 is 1.35 bits per heavy atom.